The highest BCUT2D eigenvalue weighted by Gasteiger charge is 2.33. The first-order valence-corrected chi connectivity index (χ1v) is 12.7. The number of carboxylic acid groups (broad SMARTS) is 1. The van der Waals surface area contributed by atoms with Crippen molar-refractivity contribution >= 4 is 46.3 Å². The summed E-state index contributed by atoms with van der Waals surface area (Å²) in [7, 11) is 0. The summed E-state index contributed by atoms with van der Waals surface area (Å²) in [6.07, 6.45) is 2.88. The van der Waals surface area contributed by atoms with Gasteiger partial charge in [-0.15, -0.1) is 0 Å². The number of carboxylic acids is 1. The number of benzene rings is 3. The normalized spacial score (nSPS) is 15.0. The topological polar surface area (TPSA) is 135 Å². The maximum absolute atomic E-state index is 13.5. The van der Waals surface area contributed by atoms with E-state index < -0.39 is 10.9 Å². The number of hydrogen-bond donors (Lipinski definition) is 1. The van der Waals surface area contributed by atoms with Crippen LogP contribution in [0.15, 0.2) is 107 Å². The van der Waals surface area contributed by atoms with Crippen molar-refractivity contribution in [3.63, 3.8) is 0 Å². The molecule has 2 heterocycles. The first-order chi connectivity index (χ1) is 19.4. The molecule has 198 valence electrons. The van der Waals surface area contributed by atoms with Crippen LogP contribution in [0.3, 0.4) is 0 Å². The SMILES string of the molecule is O=C(O)c1ccc(CN2C(=O)/C(=C/c3ccc(Oc4ccc([N+](=O)[O-])cn4)cc3)SC2=Nc2ccccc2)cc1. The van der Waals surface area contributed by atoms with E-state index in [0.717, 1.165) is 17.3 Å². The molecule has 5 rings (SSSR count). The molecule has 0 saturated carbocycles. The summed E-state index contributed by atoms with van der Waals surface area (Å²) < 4.78 is 5.66. The van der Waals surface area contributed by atoms with Crippen molar-refractivity contribution in [1.82, 2.24) is 9.88 Å². The van der Waals surface area contributed by atoms with Gasteiger partial charge in [-0.1, -0.05) is 42.5 Å². The van der Waals surface area contributed by atoms with Gasteiger partial charge < -0.3 is 9.84 Å². The second-order valence-electron chi connectivity index (χ2n) is 8.52. The van der Waals surface area contributed by atoms with Gasteiger partial charge in [-0.25, -0.2) is 14.8 Å². The van der Waals surface area contributed by atoms with E-state index in [1.54, 1.807) is 47.4 Å². The Morgan fingerprint density at radius 3 is 2.38 bits per heavy atom. The smallest absolute Gasteiger partial charge is 0.335 e. The van der Waals surface area contributed by atoms with Gasteiger partial charge in [0.1, 0.15) is 11.9 Å². The summed E-state index contributed by atoms with van der Waals surface area (Å²) in [5.41, 5.74) is 2.26. The Kier molecular flexibility index (Phi) is 7.65. The number of nitrogens with zero attached hydrogens (tertiary/aromatic N) is 4. The van der Waals surface area contributed by atoms with E-state index in [1.807, 2.05) is 30.3 Å². The van der Waals surface area contributed by atoms with E-state index in [1.165, 1.54) is 36.0 Å². The highest BCUT2D eigenvalue weighted by Crippen LogP contribution is 2.35. The predicted molar refractivity (Wildman–Crippen MR) is 150 cm³/mol. The average Bonchev–Trinajstić information content (AvgIpc) is 3.24. The van der Waals surface area contributed by atoms with Crippen LogP contribution < -0.4 is 4.74 Å². The Balaban J connectivity index is 1.36. The second-order valence-corrected chi connectivity index (χ2v) is 9.53. The van der Waals surface area contributed by atoms with Crippen molar-refractivity contribution in [2.45, 2.75) is 6.54 Å². The van der Waals surface area contributed by atoms with Crippen LogP contribution in [0.25, 0.3) is 6.08 Å². The van der Waals surface area contributed by atoms with Gasteiger partial charge in [0.05, 0.1) is 27.6 Å². The Labute approximate surface area is 232 Å². The molecule has 0 atom stereocenters. The minimum atomic E-state index is -1.02. The lowest BCUT2D eigenvalue weighted by molar-refractivity contribution is -0.385. The van der Waals surface area contributed by atoms with Crippen LogP contribution in [-0.4, -0.2) is 37.0 Å². The molecule has 40 heavy (non-hydrogen) atoms. The highest BCUT2D eigenvalue weighted by molar-refractivity contribution is 8.18. The zero-order chi connectivity index (χ0) is 28.1. The van der Waals surface area contributed by atoms with Crippen molar-refractivity contribution in [2.24, 2.45) is 4.99 Å². The molecule has 0 aliphatic carbocycles. The third-order valence-electron chi connectivity index (χ3n) is 5.74. The second kappa shape index (κ2) is 11.6. The molecule has 3 aromatic carbocycles. The monoisotopic (exact) mass is 552 g/mol. The Bertz CT molecular complexity index is 1620. The molecule has 0 spiro atoms. The third-order valence-corrected chi connectivity index (χ3v) is 6.75. The molecule has 1 aromatic heterocycles. The quantitative estimate of drug-likeness (QED) is 0.153. The van der Waals surface area contributed by atoms with Crippen LogP contribution >= 0.6 is 11.8 Å². The third kappa shape index (κ3) is 6.22. The maximum atomic E-state index is 13.5. The summed E-state index contributed by atoms with van der Waals surface area (Å²) in [6.45, 7) is 0.226. The van der Waals surface area contributed by atoms with Crippen LogP contribution in [0.4, 0.5) is 11.4 Å². The molecule has 11 heteroatoms. The summed E-state index contributed by atoms with van der Waals surface area (Å²) in [4.78, 5) is 45.6. The van der Waals surface area contributed by atoms with Gasteiger partial charge in [-0.05, 0) is 65.4 Å². The van der Waals surface area contributed by atoms with Crippen LogP contribution in [0, 0.1) is 10.1 Å². The van der Waals surface area contributed by atoms with Crippen molar-refractivity contribution in [3.05, 3.63) is 129 Å². The summed E-state index contributed by atoms with van der Waals surface area (Å²) >= 11 is 1.25. The van der Waals surface area contributed by atoms with Gasteiger partial charge in [-0.2, -0.15) is 0 Å². The van der Waals surface area contributed by atoms with Crippen LogP contribution in [0.1, 0.15) is 21.5 Å². The number of para-hydroxylation sites is 1. The predicted octanol–water partition coefficient (Wildman–Crippen LogP) is 6.28. The molecular formula is C29H20N4O6S. The van der Waals surface area contributed by atoms with Crippen molar-refractivity contribution in [2.75, 3.05) is 0 Å². The number of thioether (sulfide) groups is 1. The van der Waals surface area contributed by atoms with Gasteiger partial charge in [-0.3, -0.25) is 19.8 Å². The van der Waals surface area contributed by atoms with E-state index >= 15 is 0 Å². The summed E-state index contributed by atoms with van der Waals surface area (Å²) in [5.74, 6) is -0.549. The standard InChI is InChI=1S/C29H20N4O6S/c34-27-25(16-19-8-13-24(14-9-19)39-26-15-12-23(17-30-26)33(37)38)40-29(31-22-4-2-1-3-5-22)32(27)18-20-6-10-21(11-7-20)28(35)36/h1-17H,18H2,(H,35,36)/b25-16-,31-29?. The molecule has 1 amide bonds. The van der Waals surface area contributed by atoms with E-state index in [2.05, 4.69) is 9.98 Å². The molecule has 1 saturated heterocycles. The number of hydrogen-bond acceptors (Lipinski definition) is 8. The highest BCUT2D eigenvalue weighted by atomic mass is 32.2. The number of carbonyl (C=O) groups is 2. The van der Waals surface area contributed by atoms with Crippen LogP contribution in [0.5, 0.6) is 11.6 Å². The van der Waals surface area contributed by atoms with E-state index in [9.17, 15) is 24.8 Å². The molecule has 10 nitrogen and oxygen atoms in total. The number of amidine groups is 1. The lowest BCUT2D eigenvalue weighted by atomic mass is 10.1. The maximum Gasteiger partial charge on any atom is 0.335 e. The molecule has 1 aliphatic rings. The minimum Gasteiger partial charge on any atom is -0.478 e. The fourth-order valence-electron chi connectivity index (χ4n) is 3.72. The van der Waals surface area contributed by atoms with Crippen LogP contribution in [0.2, 0.25) is 0 Å². The minimum absolute atomic E-state index is 0.130. The number of aromatic nitrogens is 1. The number of rotatable bonds is 8. The van der Waals surface area contributed by atoms with Crippen molar-refractivity contribution in [1.29, 1.82) is 0 Å². The largest absolute Gasteiger partial charge is 0.478 e. The summed E-state index contributed by atoms with van der Waals surface area (Å²) in [5, 5.41) is 20.5. The molecule has 4 aromatic rings. The molecule has 0 radical (unpaired) electrons. The number of ether oxygens (including phenoxy) is 1. The Morgan fingerprint density at radius 1 is 1.02 bits per heavy atom. The lowest BCUT2D eigenvalue weighted by Gasteiger charge is -2.16. The zero-order valence-electron chi connectivity index (χ0n) is 20.7. The Hall–Kier alpha value is -5.29. The zero-order valence-corrected chi connectivity index (χ0v) is 21.5. The Morgan fingerprint density at radius 2 is 1.75 bits per heavy atom. The van der Waals surface area contributed by atoms with Crippen molar-refractivity contribution < 1.29 is 24.4 Å². The van der Waals surface area contributed by atoms with Gasteiger partial charge in [0.15, 0.2) is 5.17 Å². The van der Waals surface area contributed by atoms with E-state index in [4.69, 9.17) is 4.74 Å². The molecule has 0 unspecified atom stereocenters. The number of carbonyl (C=O) groups excluding carboxylic acids is 1. The fourth-order valence-corrected chi connectivity index (χ4v) is 4.72. The number of aliphatic imine (C=N–C) groups is 1. The first-order valence-electron chi connectivity index (χ1n) is 11.9. The van der Waals surface area contributed by atoms with E-state index in [0.29, 0.717) is 21.5 Å². The van der Waals surface area contributed by atoms with Gasteiger partial charge in [0, 0.05) is 12.1 Å². The average molecular weight is 553 g/mol. The van der Waals surface area contributed by atoms with Gasteiger partial charge >= 0.3 is 5.97 Å². The number of pyridine rings is 1. The number of aromatic carboxylic acids is 1. The molecule has 1 N–H and O–H groups in total. The number of nitro groups is 1. The van der Waals surface area contributed by atoms with Crippen molar-refractivity contribution in [3.8, 4) is 11.6 Å². The van der Waals surface area contributed by atoms with Gasteiger partial charge in [0.25, 0.3) is 11.6 Å². The van der Waals surface area contributed by atoms with Crippen LogP contribution in [-0.2, 0) is 11.3 Å². The number of amides is 1. The fraction of sp³-hybridized carbons (Fsp3) is 0.0345. The summed E-state index contributed by atoms with van der Waals surface area (Å²) in [6, 6.07) is 25.4. The lowest BCUT2D eigenvalue weighted by Crippen LogP contribution is -2.28. The molecule has 1 aliphatic heterocycles. The molecular weight excluding hydrogens is 532 g/mol. The van der Waals surface area contributed by atoms with Gasteiger partial charge in [0.2, 0.25) is 5.88 Å². The molecule has 0 bridgehead atoms. The van der Waals surface area contributed by atoms with E-state index in [-0.39, 0.29) is 29.6 Å². The molecule has 1 fully saturated rings. The first kappa shape index (κ1) is 26.3.